The first kappa shape index (κ1) is 14.4. The summed E-state index contributed by atoms with van der Waals surface area (Å²) in [7, 11) is 1.43. The van der Waals surface area contributed by atoms with Gasteiger partial charge < -0.3 is 4.74 Å². The van der Waals surface area contributed by atoms with Crippen LogP contribution in [0, 0.1) is 0 Å². The predicted octanol–water partition coefficient (Wildman–Crippen LogP) is 2.80. The summed E-state index contributed by atoms with van der Waals surface area (Å²) < 4.78 is 4.85. The van der Waals surface area contributed by atoms with Crippen LogP contribution < -0.4 is 0 Å². The van der Waals surface area contributed by atoms with Crippen LogP contribution in [0.25, 0.3) is 0 Å². The minimum absolute atomic E-state index is 0.242. The fraction of sp³-hybridized carbons (Fsp3) is 0.533. The summed E-state index contributed by atoms with van der Waals surface area (Å²) in [6.07, 6.45) is 1.21. The lowest BCUT2D eigenvalue weighted by Gasteiger charge is -2.32. The molecular weight excluding hydrogens is 258 g/mol. The Labute approximate surface area is 119 Å². The summed E-state index contributed by atoms with van der Waals surface area (Å²) in [5.41, 5.74) is 1.76. The van der Waals surface area contributed by atoms with Crippen molar-refractivity contribution in [3.05, 3.63) is 35.4 Å². The third-order valence-corrected chi connectivity index (χ3v) is 4.87. The summed E-state index contributed by atoms with van der Waals surface area (Å²) in [5.74, 6) is 0.938. The van der Waals surface area contributed by atoms with Gasteiger partial charge in [-0.3, -0.25) is 4.90 Å². The molecule has 0 aliphatic carbocycles. The van der Waals surface area contributed by atoms with E-state index in [1.165, 1.54) is 19.3 Å². The van der Waals surface area contributed by atoms with Crippen LogP contribution in [0.4, 0.5) is 0 Å². The van der Waals surface area contributed by atoms with E-state index in [9.17, 15) is 4.79 Å². The highest BCUT2D eigenvalue weighted by Crippen LogP contribution is 2.23. The molecule has 1 aromatic carbocycles. The molecule has 0 N–H and O–H groups in total. The van der Waals surface area contributed by atoms with E-state index in [0.717, 1.165) is 30.4 Å². The number of ether oxygens (including phenoxy) is 1. The van der Waals surface area contributed by atoms with Gasteiger partial charge in [0.05, 0.1) is 12.7 Å². The Kier molecular flexibility index (Phi) is 5.28. The minimum atomic E-state index is -0.242. The zero-order valence-corrected chi connectivity index (χ0v) is 12.4. The molecule has 1 saturated heterocycles. The van der Waals surface area contributed by atoms with E-state index < -0.39 is 0 Å². The highest BCUT2D eigenvalue weighted by atomic mass is 32.2. The van der Waals surface area contributed by atoms with Gasteiger partial charge in [-0.15, -0.1) is 0 Å². The van der Waals surface area contributed by atoms with Gasteiger partial charge in [0.25, 0.3) is 0 Å². The lowest BCUT2D eigenvalue weighted by Crippen LogP contribution is -2.37. The first-order valence-corrected chi connectivity index (χ1v) is 7.79. The molecule has 1 aliphatic heterocycles. The molecule has 1 aliphatic rings. The highest BCUT2D eigenvalue weighted by molar-refractivity contribution is 8.00. The molecule has 2 rings (SSSR count). The second-order valence-corrected chi connectivity index (χ2v) is 6.19. The smallest absolute Gasteiger partial charge is 0.338 e. The van der Waals surface area contributed by atoms with Crippen LogP contribution in [0.1, 0.15) is 29.3 Å². The number of rotatable bonds is 4. The van der Waals surface area contributed by atoms with E-state index >= 15 is 0 Å². The molecule has 1 heterocycles. The summed E-state index contributed by atoms with van der Waals surface area (Å²) in [4.78, 5) is 14.2. The molecular formula is C15H21NO2S. The van der Waals surface area contributed by atoms with Gasteiger partial charge in [-0.1, -0.05) is 25.1 Å². The summed E-state index contributed by atoms with van der Waals surface area (Å²) in [6, 6.07) is 7.74. The fourth-order valence-corrected chi connectivity index (χ4v) is 3.63. The van der Waals surface area contributed by atoms with E-state index in [1.807, 2.05) is 24.3 Å². The number of nitrogens with zero attached hydrogens (tertiary/aromatic N) is 1. The van der Waals surface area contributed by atoms with Crippen molar-refractivity contribution >= 4 is 17.7 Å². The average Bonchev–Trinajstić information content (AvgIpc) is 2.47. The van der Waals surface area contributed by atoms with Crippen LogP contribution in [-0.4, -0.2) is 42.1 Å². The molecule has 19 heavy (non-hydrogen) atoms. The van der Waals surface area contributed by atoms with Gasteiger partial charge >= 0.3 is 5.97 Å². The molecule has 0 radical (unpaired) electrons. The summed E-state index contributed by atoms with van der Waals surface area (Å²) in [6.45, 7) is 5.28. The van der Waals surface area contributed by atoms with Gasteiger partial charge in [-0.2, -0.15) is 11.8 Å². The molecule has 1 unspecified atom stereocenters. The Morgan fingerprint density at radius 3 is 3.00 bits per heavy atom. The van der Waals surface area contributed by atoms with Crippen LogP contribution in [-0.2, 0) is 11.3 Å². The maximum absolute atomic E-state index is 11.8. The first-order chi connectivity index (χ1) is 9.24. The molecule has 0 saturated carbocycles. The molecule has 1 aromatic rings. The zero-order valence-electron chi connectivity index (χ0n) is 11.6. The van der Waals surface area contributed by atoms with Crippen molar-refractivity contribution in [2.45, 2.75) is 25.1 Å². The van der Waals surface area contributed by atoms with Crippen molar-refractivity contribution in [3.8, 4) is 0 Å². The van der Waals surface area contributed by atoms with E-state index in [1.54, 1.807) is 0 Å². The number of carbonyl (C=O) groups is 1. The lowest BCUT2D eigenvalue weighted by molar-refractivity contribution is 0.0598. The molecule has 0 spiro atoms. The Hall–Kier alpha value is -1.00. The van der Waals surface area contributed by atoms with Crippen LogP contribution in [0.5, 0.6) is 0 Å². The van der Waals surface area contributed by atoms with Gasteiger partial charge in [0.2, 0.25) is 0 Å². The predicted molar refractivity (Wildman–Crippen MR) is 79.6 cm³/mol. The monoisotopic (exact) mass is 279 g/mol. The van der Waals surface area contributed by atoms with Crippen LogP contribution in [0.2, 0.25) is 0 Å². The average molecular weight is 279 g/mol. The number of methoxy groups -OCH3 is 1. The van der Waals surface area contributed by atoms with E-state index in [4.69, 9.17) is 4.74 Å². The largest absolute Gasteiger partial charge is 0.465 e. The third-order valence-electron chi connectivity index (χ3n) is 3.49. The first-order valence-electron chi connectivity index (χ1n) is 6.74. The lowest BCUT2D eigenvalue weighted by atomic mass is 10.1. The highest BCUT2D eigenvalue weighted by Gasteiger charge is 2.20. The molecule has 3 nitrogen and oxygen atoms in total. The minimum Gasteiger partial charge on any atom is -0.465 e. The quantitative estimate of drug-likeness (QED) is 0.793. The van der Waals surface area contributed by atoms with E-state index in [2.05, 4.69) is 23.6 Å². The summed E-state index contributed by atoms with van der Waals surface area (Å²) >= 11 is 2.06. The van der Waals surface area contributed by atoms with Gasteiger partial charge in [0.15, 0.2) is 0 Å². The number of benzene rings is 1. The SMILES string of the molecule is CCC1CN(Cc2ccccc2C(=O)OC)CCS1. The van der Waals surface area contributed by atoms with Crippen molar-refractivity contribution < 1.29 is 9.53 Å². The normalized spacial score (nSPS) is 20.2. The Morgan fingerprint density at radius 1 is 1.47 bits per heavy atom. The van der Waals surface area contributed by atoms with Crippen LogP contribution >= 0.6 is 11.8 Å². The van der Waals surface area contributed by atoms with Gasteiger partial charge in [-0.25, -0.2) is 4.79 Å². The van der Waals surface area contributed by atoms with Gasteiger partial charge in [0, 0.05) is 30.6 Å². The number of carbonyl (C=O) groups excluding carboxylic acids is 1. The van der Waals surface area contributed by atoms with Crippen LogP contribution in [0.3, 0.4) is 0 Å². The zero-order chi connectivity index (χ0) is 13.7. The summed E-state index contributed by atoms with van der Waals surface area (Å²) in [5, 5.41) is 0.721. The number of hydrogen-bond acceptors (Lipinski definition) is 4. The molecule has 0 amide bonds. The molecule has 1 fully saturated rings. The maximum Gasteiger partial charge on any atom is 0.338 e. The molecule has 0 aromatic heterocycles. The molecule has 104 valence electrons. The van der Waals surface area contributed by atoms with Gasteiger partial charge in [0.1, 0.15) is 0 Å². The topological polar surface area (TPSA) is 29.5 Å². The number of thioether (sulfide) groups is 1. The van der Waals surface area contributed by atoms with Crippen molar-refractivity contribution in [1.82, 2.24) is 4.90 Å². The van der Waals surface area contributed by atoms with Crippen molar-refractivity contribution in [2.24, 2.45) is 0 Å². The van der Waals surface area contributed by atoms with Crippen molar-refractivity contribution in [3.63, 3.8) is 0 Å². The molecule has 0 bridgehead atoms. The maximum atomic E-state index is 11.8. The second kappa shape index (κ2) is 6.96. The number of hydrogen-bond donors (Lipinski definition) is 0. The Balaban J connectivity index is 2.08. The molecule has 1 atom stereocenters. The standard InChI is InChI=1S/C15H21NO2S/c1-3-13-11-16(8-9-19-13)10-12-6-4-5-7-14(12)15(17)18-2/h4-7,13H,3,8-11H2,1-2H3. The Morgan fingerprint density at radius 2 is 2.26 bits per heavy atom. The fourth-order valence-electron chi connectivity index (χ4n) is 2.38. The van der Waals surface area contributed by atoms with Crippen LogP contribution in [0.15, 0.2) is 24.3 Å². The number of esters is 1. The van der Waals surface area contributed by atoms with Gasteiger partial charge in [-0.05, 0) is 18.1 Å². The van der Waals surface area contributed by atoms with Crippen molar-refractivity contribution in [2.75, 3.05) is 26.0 Å². The van der Waals surface area contributed by atoms with E-state index in [0.29, 0.717) is 5.56 Å². The Bertz CT molecular complexity index is 436. The van der Waals surface area contributed by atoms with E-state index in [-0.39, 0.29) is 5.97 Å². The third kappa shape index (κ3) is 3.74. The van der Waals surface area contributed by atoms with Crippen molar-refractivity contribution in [1.29, 1.82) is 0 Å². The molecule has 4 heteroatoms. The second-order valence-electron chi connectivity index (χ2n) is 4.78.